The van der Waals surface area contributed by atoms with E-state index in [0.29, 0.717) is 26.1 Å². The monoisotopic (exact) mass is 506 g/mol. The minimum absolute atomic E-state index is 0.150. The van der Waals surface area contributed by atoms with Crippen LogP contribution in [0.15, 0.2) is 12.2 Å². The van der Waals surface area contributed by atoms with E-state index in [0.717, 1.165) is 25.7 Å². The van der Waals surface area contributed by atoms with Crippen LogP contribution in [0.1, 0.15) is 155 Å². The van der Waals surface area contributed by atoms with Crippen LogP contribution in [-0.2, 0) is 19.1 Å². The number of ether oxygens (including phenoxy) is 2. The predicted molar refractivity (Wildman–Crippen MR) is 151 cm³/mol. The number of carbonyl (C=O) groups is 2. The zero-order valence-corrected chi connectivity index (χ0v) is 23.9. The molecule has 0 saturated heterocycles. The second-order valence-corrected chi connectivity index (χ2v) is 10.9. The molecule has 0 aliphatic heterocycles. The van der Waals surface area contributed by atoms with Gasteiger partial charge >= 0.3 is 11.9 Å². The lowest BCUT2D eigenvalue weighted by Crippen LogP contribution is -2.27. The summed E-state index contributed by atoms with van der Waals surface area (Å²) in [5.74, 6) is -0.859. The Kier molecular flexibility index (Phi) is 21.8. The maximum atomic E-state index is 12.5. The van der Waals surface area contributed by atoms with E-state index in [2.05, 4.69) is 13.8 Å². The van der Waals surface area contributed by atoms with Crippen LogP contribution in [-0.4, -0.2) is 25.2 Å². The second kappa shape index (κ2) is 24.0. The standard InChI is InChI=1S/C32H58O4/c1-3-5-7-9-11-13-15-17-19-21-26-35-31(33)29-24-23-25-30(28-29)32(34)36-27-22-20-18-16-14-12-10-8-6-4-2/h23-24,29-30H,3-22,25-28H2,1-2H3. The molecule has 2 atom stereocenters. The van der Waals surface area contributed by atoms with E-state index < -0.39 is 0 Å². The van der Waals surface area contributed by atoms with Crippen molar-refractivity contribution >= 4 is 11.9 Å². The van der Waals surface area contributed by atoms with Crippen LogP contribution in [0.5, 0.6) is 0 Å². The molecular weight excluding hydrogens is 448 g/mol. The maximum absolute atomic E-state index is 12.5. The maximum Gasteiger partial charge on any atom is 0.312 e. The summed E-state index contributed by atoms with van der Waals surface area (Å²) in [6.07, 6.45) is 30.4. The highest BCUT2D eigenvalue weighted by Crippen LogP contribution is 2.26. The SMILES string of the molecule is CCCCCCCCCCCCOC(=O)C1C=CCC(C(=O)OCCCCCCCCCCCC)C1. The number of carbonyl (C=O) groups excluding carboxylic acids is 2. The smallest absolute Gasteiger partial charge is 0.312 e. The van der Waals surface area contributed by atoms with Crippen LogP contribution in [0, 0.1) is 11.8 Å². The molecule has 210 valence electrons. The zero-order chi connectivity index (χ0) is 26.1. The Morgan fingerprint density at radius 3 is 1.42 bits per heavy atom. The van der Waals surface area contributed by atoms with Gasteiger partial charge in [0.05, 0.1) is 25.0 Å². The number of hydrogen-bond donors (Lipinski definition) is 0. The summed E-state index contributed by atoms with van der Waals surface area (Å²) in [6.45, 7) is 5.51. The van der Waals surface area contributed by atoms with Gasteiger partial charge in [0.2, 0.25) is 0 Å². The fourth-order valence-corrected chi connectivity index (χ4v) is 5.01. The third kappa shape index (κ3) is 18.0. The molecule has 0 amide bonds. The van der Waals surface area contributed by atoms with Gasteiger partial charge in [0, 0.05) is 0 Å². The van der Waals surface area contributed by atoms with Gasteiger partial charge in [-0.25, -0.2) is 0 Å². The summed E-state index contributed by atoms with van der Waals surface area (Å²) in [5.41, 5.74) is 0. The Hall–Kier alpha value is -1.32. The van der Waals surface area contributed by atoms with Crippen LogP contribution in [0.4, 0.5) is 0 Å². The van der Waals surface area contributed by atoms with E-state index >= 15 is 0 Å². The van der Waals surface area contributed by atoms with Gasteiger partial charge in [0.1, 0.15) is 0 Å². The molecule has 4 nitrogen and oxygen atoms in total. The first-order valence-electron chi connectivity index (χ1n) is 15.7. The second-order valence-electron chi connectivity index (χ2n) is 10.9. The molecular formula is C32H58O4. The van der Waals surface area contributed by atoms with Gasteiger partial charge < -0.3 is 9.47 Å². The molecule has 0 N–H and O–H groups in total. The van der Waals surface area contributed by atoms with Crippen LogP contribution in [0.3, 0.4) is 0 Å². The third-order valence-electron chi connectivity index (χ3n) is 7.45. The fraction of sp³-hybridized carbons (Fsp3) is 0.875. The first-order chi connectivity index (χ1) is 17.7. The van der Waals surface area contributed by atoms with E-state index in [1.165, 1.54) is 103 Å². The fourth-order valence-electron chi connectivity index (χ4n) is 5.01. The molecule has 0 heterocycles. The van der Waals surface area contributed by atoms with Crippen molar-refractivity contribution in [2.45, 2.75) is 155 Å². The minimum atomic E-state index is -0.309. The van der Waals surface area contributed by atoms with Gasteiger partial charge in [0.25, 0.3) is 0 Å². The minimum Gasteiger partial charge on any atom is -0.465 e. The third-order valence-corrected chi connectivity index (χ3v) is 7.45. The highest BCUT2D eigenvalue weighted by molar-refractivity contribution is 5.78. The largest absolute Gasteiger partial charge is 0.465 e. The number of hydrogen-bond acceptors (Lipinski definition) is 4. The molecule has 36 heavy (non-hydrogen) atoms. The van der Waals surface area contributed by atoms with Crippen LogP contribution < -0.4 is 0 Å². The van der Waals surface area contributed by atoms with E-state index in [9.17, 15) is 9.59 Å². The van der Waals surface area contributed by atoms with Crippen molar-refractivity contribution in [1.29, 1.82) is 0 Å². The average Bonchev–Trinajstić information content (AvgIpc) is 2.90. The summed E-state index contributed by atoms with van der Waals surface area (Å²) >= 11 is 0. The lowest BCUT2D eigenvalue weighted by Gasteiger charge is -2.22. The van der Waals surface area contributed by atoms with Crippen molar-refractivity contribution in [3.63, 3.8) is 0 Å². The molecule has 0 spiro atoms. The lowest BCUT2D eigenvalue weighted by molar-refractivity contribution is -0.152. The molecule has 0 aromatic heterocycles. The van der Waals surface area contributed by atoms with Gasteiger partial charge in [-0.2, -0.15) is 0 Å². The first-order valence-corrected chi connectivity index (χ1v) is 15.7. The lowest BCUT2D eigenvalue weighted by atomic mass is 9.86. The molecule has 1 aliphatic carbocycles. The predicted octanol–water partition coefficient (Wildman–Crippen LogP) is 9.50. The van der Waals surface area contributed by atoms with Crippen molar-refractivity contribution in [3.05, 3.63) is 12.2 Å². The molecule has 0 saturated carbocycles. The van der Waals surface area contributed by atoms with Crippen molar-refractivity contribution in [2.75, 3.05) is 13.2 Å². The number of esters is 2. The Morgan fingerprint density at radius 2 is 0.972 bits per heavy atom. The van der Waals surface area contributed by atoms with Crippen LogP contribution in [0.25, 0.3) is 0 Å². The first kappa shape index (κ1) is 32.7. The quantitative estimate of drug-likeness (QED) is 0.0743. The highest BCUT2D eigenvalue weighted by atomic mass is 16.5. The Bertz CT molecular complexity index is 556. The van der Waals surface area contributed by atoms with Crippen LogP contribution in [0.2, 0.25) is 0 Å². The Labute approximate surface area is 223 Å². The number of allylic oxidation sites excluding steroid dienone is 1. The van der Waals surface area contributed by atoms with E-state index in [-0.39, 0.29) is 23.8 Å². The zero-order valence-electron chi connectivity index (χ0n) is 23.9. The molecule has 4 heteroatoms. The number of rotatable bonds is 24. The van der Waals surface area contributed by atoms with Gasteiger partial charge in [-0.15, -0.1) is 0 Å². The van der Waals surface area contributed by atoms with Crippen molar-refractivity contribution in [1.82, 2.24) is 0 Å². The van der Waals surface area contributed by atoms with E-state index in [4.69, 9.17) is 9.47 Å². The van der Waals surface area contributed by atoms with Crippen molar-refractivity contribution < 1.29 is 19.1 Å². The summed E-state index contributed by atoms with van der Waals surface area (Å²) in [7, 11) is 0. The Morgan fingerprint density at radius 1 is 0.583 bits per heavy atom. The normalized spacial score (nSPS) is 17.3. The van der Waals surface area contributed by atoms with E-state index in [1.807, 2.05) is 12.2 Å². The molecule has 0 radical (unpaired) electrons. The Balaban J connectivity index is 2.01. The molecule has 1 aliphatic rings. The summed E-state index contributed by atoms with van der Waals surface area (Å²) in [5, 5.41) is 0. The molecule has 0 aromatic carbocycles. The van der Waals surface area contributed by atoms with E-state index in [1.54, 1.807) is 0 Å². The van der Waals surface area contributed by atoms with Crippen LogP contribution >= 0.6 is 0 Å². The molecule has 2 unspecified atom stereocenters. The van der Waals surface area contributed by atoms with Gasteiger partial charge in [0.15, 0.2) is 0 Å². The van der Waals surface area contributed by atoms with Crippen molar-refractivity contribution in [2.24, 2.45) is 11.8 Å². The van der Waals surface area contributed by atoms with Gasteiger partial charge in [-0.1, -0.05) is 142 Å². The molecule has 1 rings (SSSR count). The average molecular weight is 507 g/mol. The molecule has 0 bridgehead atoms. The van der Waals surface area contributed by atoms with Crippen molar-refractivity contribution in [3.8, 4) is 0 Å². The van der Waals surface area contributed by atoms with Gasteiger partial charge in [-0.3, -0.25) is 9.59 Å². The molecule has 0 fully saturated rings. The highest BCUT2D eigenvalue weighted by Gasteiger charge is 2.29. The molecule has 0 aromatic rings. The summed E-state index contributed by atoms with van der Waals surface area (Å²) < 4.78 is 11.0. The number of unbranched alkanes of at least 4 members (excludes halogenated alkanes) is 18. The summed E-state index contributed by atoms with van der Waals surface area (Å²) in [6, 6.07) is 0. The summed E-state index contributed by atoms with van der Waals surface area (Å²) in [4.78, 5) is 24.9. The van der Waals surface area contributed by atoms with Gasteiger partial charge in [-0.05, 0) is 25.7 Å². The topological polar surface area (TPSA) is 52.6 Å².